The lowest BCUT2D eigenvalue weighted by Gasteiger charge is -2.03. The van der Waals surface area contributed by atoms with E-state index in [9.17, 15) is 4.39 Å². The van der Waals surface area contributed by atoms with Gasteiger partial charge in [-0.2, -0.15) is 0 Å². The molecule has 0 aliphatic rings. The largest absolute Gasteiger partial charge is 0.394 e. The number of imidazole rings is 1. The van der Waals surface area contributed by atoms with Gasteiger partial charge in [-0.15, -0.1) is 0 Å². The van der Waals surface area contributed by atoms with Crippen LogP contribution >= 0.6 is 0 Å². The van der Waals surface area contributed by atoms with Gasteiger partial charge in [0.2, 0.25) is 0 Å². The van der Waals surface area contributed by atoms with E-state index in [2.05, 4.69) is 9.97 Å². The van der Waals surface area contributed by atoms with E-state index in [0.717, 1.165) is 0 Å². The van der Waals surface area contributed by atoms with E-state index in [1.807, 2.05) is 0 Å². The Morgan fingerprint density at radius 3 is 2.88 bits per heavy atom. The van der Waals surface area contributed by atoms with Crippen molar-refractivity contribution < 1.29 is 9.50 Å². The molecule has 4 nitrogen and oxygen atoms in total. The highest BCUT2D eigenvalue weighted by Gasteiger charge is 2.11. The van der Waals surface area contributed by atoms with Crippen molar-refractivity contribution in [3.63, 3.8) is 0 Å². The summed E-state index contributed by atoms with van der Waals surface area (Å²) in [5, 5.41) is 8.86. The zero-order valence-corrected chi connectivity index (χ0v) is 8.52. The molecule has 1 aromatic carbocycles. The van der Waals surface area contributed by atoms with Gasteiger partial charge in [0.05, 0.1) is 24.5 Å². The van der Waals surface area contributed by atoms with Crippen LogP contribution in [0.4, 0.5) is 4.39 Å². The molecule has 0 saturated carbocycles. The number of aromatic nitrogens is 2. The molecule has 1 unspecified atom stereocenters. The van der Waals surface area contributed by atoms with Gasteiger partial charge >= 0.3 is 0 Å². The van der Waals surface area contributed by atoms with Gasteiger partial charge in [0, 0.05) is 5.56 Å². The van der Waals surface area contributed by atoms with Gasteiger partial charge in [0.15, 0.2) is 0 Å². The molecule has 5 heteroatoms. The predicted molar refractivity (Wildman–Crippen MR) is 58.0 cm³/mol. The number of aliphatic hydroxyl groups excluding tert-OH is 1. The van der Waals surface area contributed by atoms with Crippen LogP contribution in [0.1, 0.15) is 11.9 Å². The molecule has 1 heterocycles. The van der Waals surface area contributed by atoms with Crippen LogP contribution in [-0.2, 0) is 0 Å². The van der Waals surface area contributed by atoms with Crippen LogP contribution in [0, 0.1) is 5.82 Å². The predicted octanol–water partition coefficient (Wildman–Crippen LogP) is 1.21. The monoisotopic (exact) mass is 221 g/mol. The van der Waals surface area contributed by atoms with Gasteiger partial charge in [-0.05, 0) is 12.1 Å². The zero-order chi connectivity index (χ0) is 11.5. The number of rotatable bonds is 3. The Hall–Kier alpha value is -1.72. The number of aromatic amines is 1. The molecule has 0 spiro atoms. The molecule has 2 rings (SSSR count). The number of nitrogens with two attached hydrogens (primary N) is 1. The lowest BCUT2D eigenvalue weighted by atomic mass is 10.1. The third kappa shape index (κ3) is 1.95. The summed E-state index contributed by atoms with van der Waals surface area (Å²) in [5.74, 6) is 0.121. The Kier molecular flexibility index (Phi) is 2.98. The maximum atomic E-state index is 13.4. The number of benzene rings is 1. The molecule has 0 saturated heterocycles. The molecule has 1 atom stereocenters. The second-order valence-corrected chi connectivity index (χ2v) is 3.45. The van der Waals surface area contributed by atoms with E-state index in [4.69, 9.17) is 10.8 Å². The fraction of sp³-hybridized carbons (Fsp3) is 0.182. The van der Waals surface area contributed by atoms with Gasteiger partial charge < -0.3 is 15.8 Å². The lowest BCUT2D eigenvalue weighted by Crippen LogP contribution is -2.15. The van der Waals surface area contributed by atoms with E-state index >= 15 is 0 Å². The highest BCUT2D eigenvalue weighted by Crippen LogP contribution is 2.21. The number of H-pyrrole nitrogens is 1. The van der Waals surface area contributed by atoms with Crippen molar-refractivity contribution in [2.24, 2.45) is 5.73 Å². The Morgan fingerprint density at radius 2 is 2.19 bits per heavy atom. The summed E-state index contributed by atoms with van der Waals surface area (Å²) in [6.45, 7) is -0.204. The van der Waals surface area contributed by atoms with Crippen molar-refractivity contribution in [1.82, 2.24) is 9.97 Å². The average Bonchev–Trinajstić information content (AvgIpc) is 2.78. The molecular formula is C11H12FN3O. The first kappa shape index (κ1) is 10.8. The van der Waals surface area contributed by atoms with Crippen molar-refractivity contribution in [1.29, 1.82) is 0 Å². The minimum atomic E-state index is -0.569. The Labute approximate surface area is 91.9 Å². The molecule has 0 aliphatic carbocycles. The SMILES string of the molecule is NC(CO)c1ncc(-c2ccccc2F)[nH]1. The van der Waals surface area contributed by atoms with Crippen LogP contribution in [0.3, 0.4) is 0 Å². The van der Waals surface area contributed by atoms with E-state index in [1.54, 1.807) is 18.2 Å². The molecule has 4 N–H and O–H groups in total. The van der Waals surface area contributed by atoms with Crippen LogP contribution in [0.15, 0.2) is 30.5 Å². The van der Waals surface area contributed by atoms with Gasteiger partial charge in [-0.25, -0.2) is 9.37 Å². The van der Waals surface area contributed by atoms with E-state index < -0.39 is 6.04 Å². The Morgan fingerprint density at radius 1 is 1.44 bits per heavy atom. The molecule has 0 bridgehead atoms. The quantitative estimate of drug-likeness (QED) is 0.729. The molecule has 0 aliphatic heterocycles. The normalized spacial score (nSPS) is 12.7. The first-order valence-electron chi connectivity index (χ1n) is 4.88. The third-order valence-corrected chi connectivity index (χ3v) is 2.31. The smallest absolute Gasteiger partial charge is 0.132 e. The second kappa shape index (κ2) is 4.42. The summed E-state index contributed by atoms with van der Waals surface area (Å²) >= 11 is 0. The summed E-state index contributed by atoms with van der Waals surface area (Å²) < 4.78 is 13.4. The van der Waals surface area contributed by atoms with E-state index in [-0.39, 0.29) is 12.4 Å². The molecule has 0 amide bonds. The summed E-state index contributed by atoms with van der Waals surface area (Å²) in [6.07, 6.45) is 1.50. The van der Waals surface area contributed by atoms with Crippen molar-refractivity contribution in [3.8, 4) is 11.3 Å². The molecule has 2 aromatic rings. The van der Waals surface area contributed by atoms with Gasteiger partial charge in [-0.3, -0.25) is 0 Å². The topological polar surface area (TPSA) is 74.9 Å². The van der Waals surface area contributed by atoms with Crippen LogP contribution in [0.2, 0.25) is 0 Å². The molecule has 0 radical (unpaired) electrons. The fourth-order valence-corrected chi connectivity index (χ4v) is 1.43. The van der Waals surface area contributed by atoms with Crippen molar-refractivity contribution in [2.75, 3.05) is 6.61 Å². The number of halogens is 1. The molecule has 0 fully saturated rings. The van der Waals surface area contributed by atoms with E-state index in [0.29, 0.717) is 17.1 Å². The zero-order valence-electron chi connectivity index (χ0n) is 8.52. The molecular weight excluding hydrogens is 209 g/mol. The van der Waals surface area contributed by atoms with E-state index in [1.165, 1.54) is 12.3 Å². The van der Waals surface area contributed by atoms with Crippen molar-refractivity contribution in [3.05, 3.63) is 42.1 Å². The van der Waals surface area contributed by atoms with Gasteiger partial charge in [-0.1, -0.05) is 12.1 Å². The van der Waals surface area contributed by atoms with Crippen LogP contribution in [0.25, 0.3) is 11.3 Å². The highest BCUT2D eigenvalue weighted by atomic mass is 19.1. The summed E-state index contributed by atoms with van der Waals surface area (Å²) in [6, 6.07) is 5.82. The number of aliphatic hydroxyl groups is 1. The standard InChI is InChI=1S/C11H12FN3O/c12-8-4-2-1-3-7(8)10-5-14-11(15-10)9(13)6-16/h1-5,9,16H,6,13H2,(H,14,15). The fourth-order valence-electron chi connectivity index (χ4n) is 1.43. The Bertz CT molecular complexity index is 484. The maximum absolute atomic E-state index is 13.4. The minimum Gasteiger partial charge on any atom is -0.394 e. The summed E-state index contributed by atoms with van der Waals surface area (Å²) in [5.41, 5.74) is 6.58. The van der Waals surface area contributed by atoms with Gasteiger partial charge in [0.1, 0.15) is 11.6 Å². The van der Waals surface area contributed by atoms with Crippen molar-refractivity contribution >= 4 is 0 Å². The number of nitrogens with one attached hydrogen (secondary N) is 1. The molecule has 84 valence electrons. The number of hydrogen-bond donors (Lipinski definition) is 3. The highest BCUT2D eigenvalue weighted by molar-refractivity contribution is 5.59. The van der Waals surface area contributed by atoms with Crippen LogP contribution in [0.5, 0.6) is 0 Å². The van der Waals surface area contributed by atoms with Crippen LogP contribution < -0.4 is 5.73 Å². The summed E-state index contributed by atoms with van der Waals surface area (Å²) in [4.78, 5) is 6.88. The third-order valence-electron chi connectivity index (χ3n) is 2.31. The summed E-state index contributed by atoms with van der Waals surface area (Å²) in [7, 11) is 0. The first-order chi connectivity index (χ1) is 7.72. The first-order valence-corrected chi connectivity index (χ1v) is 4.88. The minimum absolute atomic E-state index is 0.204. The number of hydrogen-bond acceptors (Lipinski definition) is 3. The maximum Gasteiger partial charge on any atom is 0.132 e. The molecule has 1 aromatic heterocycles. The Balaban J connectivity index is 2.35. The number of nitrogens with zero attached hydrogens (tertiary/aromatic N) is 1. The van der Waals surface area contributed by atoms with Crippen LogP contribution in [-0.4, -0.2) is 21.7 Å². The lowest BCUT2D eigenvalue weighted by molar-refractivity contribution is 0.264. The molecule has 16 heavy (non-hydrogen) atoms. The van der Waals surface area contributed by atoms with Gasteiger partial charge in [0.25, 0.3) is 0 Å². The average molecular weight is 221 g/mol. The van der Waals surface area contributed by atoms with Crippen molar-refractivity contribution in [2.45, 2.75) is 6.04 Å². The second-order valence-electron chi connectivity index (χ2n) is 3.45.